The molecule has 0 saturated heterocycles. The van der Waals surface area contributed by atoms with Crippen LogP contribution in [0.3, 0.4) is 0 Å². The topological polar surface area (TPSA) is 82.8 Å². The largest absolute Gasteiger partial charge is 0.379 e. The van der Waals surface area contributed by atoms with E-state index in [0.717, 1.165) is 4.57 Å². The van der Waals surface area contributed by atoms with Gasteiger partial charge in [0.15, 0.2) is 17.3 Å². The zero-order chi connectivity index (χ0) is 12.7. The molecule has 0 amide bonds. The number of fused-ring (bicyclic) bond motifs is 1. The molecule has 2 aromatic heterocycles. The molecule has 0 aliphatic heterocycles. The van der Waals surface area contributed by atoms with Gasteiger partial charge in [0.25, 0.3) is 0 Å². The standard InChI is InChI=1S/C10H7F2N5O/c11-10(12)17-6-4-2-1-3-5(6)14-9(17)7-8(13)16-18-15-7/h1-4,10H,(H2,13,16). The van der Waals surface area contributed by atoms with Crippen LogP contribution in [0.25, 0.3) is 22.6 Å². The number of nitrogens with two attached hydrogens (primary N) is 1. The Morgan fingerprint density at radius 2 is 2.00 bits per heavy atom. The van der Waals surface area contributed by atoms with E-state index in [1.54, 1.807) is 24.3 Å². The maximum atomic E-state index is 13.1. The smallest absolute Gasteiger partial charge is 0.320 e. The Labute approximate surface area is 99.0 Å². The van der Waals surface area contributed by atoms with Gasteiger partial charge in [0.1, 0.15) is 0 Å². The second-order valence-corrected chi connectivity index (χ2v) is 3.57. The summed E-state index contributed by atoms with van der Waals surface area (Å²) < 4.78 is 31.4. The lowest BCUT2D eigenvalue weighted by Crippen LogP contribution is -2.02. The molecule has 1 aromatic carbocycles. The first-order valence-electron chi connectivity index (χ1n) is 5.02. The molecule has 3 aromatic rings. The summed E-state index contributed by atoms with van der Waals surface area (Å²) in [5.74, 6) is -0.142. The summed E-state index contributed by atoms with van der Waals surface area (Å²) in [5, 5.41) is 6.85. The Morgan fingerprint density at radius 1 is 1.22 bits per heavy atom. The molecule has 0 spiro atoms. The summed E-state index contributed by atoms with van der Waals surface area (Å²) in [7, 11) is 0. The lowest BCUT2D eigenvalue weighted by atomic mass is 10.3. The van der Waals surface area contributed by atoms with Crippen LogP contribution >= 0.6 is 0 Å². The van der Waals surface area contributed by atoms with E-state index in [4.69, 9.17) is 5.73 Å². The van der Waals surface area contributed by atoms with Crippen molar-refractivity contribution in [1.82, 2.24) is 19.9 Å². The van der Waals surface area contributed by atoms with Crippen molar-refractivity contribution in [2.45, 2.75) is 6.55 Å². The van der Waals surface area contributed by atoms with Crippen LogP contribution in [0.5, 0.6) is 0 Å². The van der Waals surface area contributed by atoms with Crippen molar-refractivity contribution in [3.63, 3.8) is 0 Å². The van der Waals surface area contributed by atoms with Crippen molar-refractivity contribution >= 4 is 16.9 Å². The van der Waals surface area contributed by atoms with Crippen LogP contribution in [0.1, 0.15) is 6.55 Å². The second kappa shape index (κ2) is 3.76. The van der Waals surface area contributed by atoms with Crippen LogP contribution in [-0.2, 0) is 0 Å². The highest BCUT2D eigenvalue weighted by molar-refractivity contribution is 5.81. The van der Waals surface area contributed by atoms with E-state index in [1.165, 1.54) is 0 Å². The highest BCUT2D eigenvalue weighted by Gasteiger charge is 2.23. The number of benzene rings is 1. The van der Waals surface area contributed by atoms with Gasteiger partial charge < -0.3 is 5.73 Å². The van der Waals surface area contributed by atoms with E-state index in [2.05, 4.69) is 19.9 Å². The lowest BCUT2D eigenvalue weighted by molar-refractivity contribution is 0.0763. The number of nitrogens with zero attached hydrogens (tertiary/aromatic N) is 4. The molecule has 0 saturated carbocycles. The molecule has 0 atom stereocenters. The van der Waals surface area contributed by atoms with E-state index in [1.807, 2.05) is 0 Å². The number of imidazole rings is 1. The average molecular weight is 251 g/mol. The first kappa shape index (κ1) is 10.6. The number of halogens is 2. The van der Waals surface area contributed by atoms with E-state index >= 15 is 0 Å². The molecule has 6 nitrogen and oxygen atoms in total. The number of nitrogen functional groups attached to an aromatic ring is 1. The fraction of sp³-hybridized carbons (Fsp3) is 0.100. The van der Waals surface area contributed by atoms with Gasteiger partial charge >= 0.3 is 6.55 Å². The third-order valence-corrected chi connectivity index (χ3v) is 2.52. The second-order valence-electron chi connectivity index (χ2n) is 3.57. The number of anilines is 1. The molecule has 0 fully saturated rings. The summed E-state index contributed by atoms with van der Waals surface area (Å²) >= 11 is 0. The molecule has 0 aliphatic rings. The van der Waals surface area contributed by atoms with Gasteiger partial charge in [-0.1, -0.05) is 12.1 Å². The molecule has 8 heteroatoms. The number of aromatic nitrogens is 4. The number of hydrogen-bond acceptors (Lipinski definition) is 5. The number of rotatable bonds is 2. The van der Waals surface area contributed by atoms with Crippen molar-refractivity contribution in [2.75, 3.05) is 5.73 Å². The minimum atomic E-state index is -2.76. The molecule has 18 heavy (non-hydrogen) atoms. The first-order valence-corrected chi connectivity index (χ1v) is 5.02. The number of hydrogen-bond donors (Lipinski definition) is 1. The summed E-state index contributed by atoms with van der Waals surface area (Å²) in [5.41, 5.74) is 6.23. The van der Waals surface area contributed by atoms with Gasteiger partial charge in [-0.25, -0.2) is 9.61 Å². The molecular formula is C10H7F2N5O. The van der Waals surface area contributed by atoms with Crippen LogP contribution in [0.2, 0.25) is 0 Å². The SMILES string of the molecule is Nc1nonc1-c1nc2ccccc2n1C(F)F. The minimum Gasteiger partial charge on any atom is -0.379 e. The molecular weight excluding hydrogens is 244 g/mol. The molecule has 92 valence electrons. The molecule has 0 radical (unpaired) electrons. The van der Waals surface area contributed by atoms with E-state index in [0.29, 0.717) is 11.0 Å². The van der Waals surface area contributed by atoms with Crippen molar-refractivity contribution in [1.29, 1.82) is 0 Å². The van der Waals surface area contributed by atoms with Gasteiger partial charge in [0.05, 0.1) is 11.0 Å². The van der Waals surface area contributed by atoms with Crippen molar-refractivity contribution in [2.24, 2.45) is 0 Å². The van der Waals surface area contributed by atoms with Gasteiger partial charge in [-0.15, -0.1) is 0 Å². The number of alkyl halides is 2. The Morgan fingerprint density at radius 3 is 2.67 bits per heavy atom. The zero-order valence-corrected chi connectivity index (χ0v) is 8.92. The molecule has 0 bridgehead atoms. The van der Waals surface area contributed by atoms with E-state index in [9.17, 15) is 8.78 Å². The summed E-state index contributed by atoms with van der Waals surface area (Å²) in [4.78, 5) is 4.08. The Kier molecular flexibility index (Phi) is 2.22. The maximum absolute atomic E-state index is 13.1. The van der Waals surface area contributed by atoms with Crippen molar-refractivity contribution in [3.05, 3.63) is 24.3 Å². The van der Waals surface area contributed by atoms with Crippen LogP contribution < -0.4 is 5.73 Å². The molecule has 2 N–H and O–H groups in total. The molecule has 3 rings (SSSR count). The zero-order valence-electron chi connectivity index (χ0n) is 8.92. The summed E-state index contributed by atoms with van der Waals surface area (Å²) in [6.45, 7) is -2.76. The fourth-order valence-corrected chi connectivity index (χ4v) is 1.76. The van der Waals surface area contributed by atoms with Gasteiger partial charge in [-0.3, -0.25) is 4.57 Å². The van der Waals surface area contributed by atoms with Crippen LogP contribution in [0, 0.1) is 0 Å². The quantitative estimate of drug-likeness (QED) is 0.753. The highest BCUT2D eigenvalue weighted by atomic mass is 19.3. The Balaban J connectivity index is 2.35. The highest BCUT2D eigenvalue weighted by Crippen LogP contribution is 2.30. The summed E-state index contributed by atoms with van der Waals surface area (Å²) in [6.07, 6.45) is 0. The fourth-order valence-electron chi connectivity index (χ4n) is 1.76. The van der Waals surface area contributed by atoms with Gasteiger partial charge in [-0.2, -0.15) is 8.78 Å². The Hall–Kier alpha value is -2.51. The lowest BCUT2D eigenvalue weighted by Gasteiger charge is -2.05. The third-order valence-electron chi connectivity index (χ3n) is 2.52. The van der Waals surface area contributed by atoms with E-state index in [-0.39, 0.29) is 17.3 Å². The van der Waals surface area contributed by atoms with Crippen molar-refractivity contribution in [3.8, 4) is 11.5 Å². The molecule has 0 unspecified atom stereocenters. The number of para-hydroxylation sites is 2. The normalized spacial score (nSPS) is 11.5. The van der Waals surface area contributed by atoms with Crippen LogP contribution in [0.4, 0.5) is 14.6 Å². The van der Waals surface area contributed by atoms with Gasteiger partial charge in [-0.05, 0) is 22.4 Å². The van der Waals surface area contributed by atoms with Gasteiger partial charge in [0.2, 0.25) is 0 Å². The van der Waals surface area contributed by atoms with E-state index < -0.39 is 6.55 Å². The maximum Gasteiger partial charge on any atom is 0.320 e. The predicted molar refractivity (Wildman–Crippen MR) is 58.7 cm³/mol. The minimum absolute atomic E-state index is 0.00602. The first-order chi connectivity index (χ1) is 8.68. The van der Waals surface area contributed by atoms with Crippen LogP contribution in [-0.4, -0.2) is 19.9 Å². The molecule has 0 aliphatic carbocycles. The van der Waals surface area contributed by atoms with Crippen molar-refractivity contribution < 1.29 is 13.4 Å². The average Bonchev–Trinajstić information content (AvgIpc) is 2.91. The predicted octanol–water partition coefficient (Wildman–Crippen LogP) is 2.06. The van der Waals surface area contributed by atoms with Crippen LogP contribution in [0.15, 0.2) is 28.9 Å². The molecule has 2 heterocycles. The van der Waals surface area contributed by atoms with Gasteiger partial charge in [0, 0.05) is 0 Å². The Bertz CT molecular complexity index is 705. The summed E-state index contributed by atoms with van der Waals surface area (Å²) in [6, 6.07) is 6.53. The monoisotopic (exact) mass is 251 g/mol. The third kappa shape index (κ3) is 1.42.